The van der Waals surface area contributed by atoms with Gasteiger partial charge in [-0.05, 0) is 30.9 Å². The van der Waals surface area contributed by atoms with Crippen LogP contribution in [0.4, 0.5) is 4.39 Å². The van der Waals surface area contributed by atoms with Gasteiger partial charge in [-0.2, -0.15) is 0 Å². The maximum atomic E-state index is 13.3. The number of ketones is 1. The summed E-state index contributed by atoms with van der Waals surface area (Å²) in [5.41, 5.74) is 0.605. The molecule has 0 spiro atoms. The molecule has 1 saturated carbocycles. The predicted molar refractivity (Wildman–Crippen MR) is 60.6 cm³/mol. The van der Waals surface area contributed by atoms with Crippen molar-refractivity contribution < 1.29 is 9.18 Å². The maximum absolute atomic E-state index is 13.3. The van der Waals surface area contributed by atoms with E-state index in [1.165, 1.54) is 6.07 Å². The summed E-state index contributed by atoms with van der Waals surface area (Å²) in [5.74, 6) is 0.213. The van der Waals surface area contributed by atoms with E-state index in [1.54, 1.807) is 18.2 Å². The molecule has 0 aliphatic heterocycles. The second-order valence-electron chi connectivity index (χ2n) is 3.94. The molecule has 1 aromatic carbocycles. The highest BCUT2D eigenvalue weighted by molar-refractivity contribution is 9.10. The largest absolute Gasteiger partial charge is 0.298 e. The fourth-order valence-corrected chi connectivity index (χ4v) is 2.30. The summed E-state index contributed by atoms with van der Waals surface area (Å²) >= 11 is 3.34. The van der Waals surface area contributed by atoms with Crippen molar-refractivity contribution in [2.24, 2.45) is 5.92 Å². The second kappa shape index (κ2) is 4.44. The van der Waals surface area contributed by atoms with E-state index in [0.29, 0.717) is 12.0 Å². The lowest BCUT2D eigenvalue weighted by Crippen LogP contribution is -2.18. The van der Waals surface area contributed by atoms with Crippen LogP contribution in [0.3, 0.4) is 0 Å². The molecule has 1 aliphatic rings. The Hall–Kier alpha value is -0.700. The van der Waals surface area contributed by atoms with Gasteiger partial charge in [0, 0.05) is 5.92 Å². The lowest BCUT2D eigenvalue weighted by Gasteiger charge is -2.08. The van der Waals surface area contributed by atoms with Gasteiger partial charge in [-0.15, -0.1) is 0 Å². The van der Waals surface area contributed by atoms with Crippen LogP contribution in [0.15, 0.2) is 24.3 Å². The van der Waals surface area contributed by atoms with Crippen LogP contribution >= 0.6 is 15.9 Å². The SMILES string of the molecule is O=C(C(Br)Cc1ccccc1F)C1CC1. The smallest absolute Gasteiger partial charge is 0.149 e. The molecule has 1 unspecified atom stereocenters. The molecule has 0 N–H and O–H groups in total. The Bertz CT molecular complexity index is 374. The molecule has 0 radical (unpaired) electrons. The van der Waals surface area contributed by atoms with Crippen molar-refractivity contribution in [3.05, 3.63) is 35.6 Å². The van der Waals surface area contributed by atoms with Crippen LogP contribution < -0.4 is 0 Å². The van der Waals surface area contributed by atoms with Gasteiger partial charge in [-0.1, -0.05) is 34.1 Å². The van der Waals surface area contributed by atoms with Crippen molar-refractivity contribution in [1.29, 1.82) is 0 Å². The van der Waals surface area contributed by atoms with Crippen LogP contribution in [0.25, 0.3) is 0 Å². The van der Waals surface area contributed by atoms with E-state index in [1.807, 2.05) is 0 Å². The summed E-state index contributed by atoms with van der Waals surface area (Å²) < 4.78 is 13.3. The van der Waals surface area contributed by atoms with Gasteiger partial charge in [-0.25, -0.2) is 4.39 Å². The van der Waals surface area contributed by atoms with Gasteiger partial charge in [0.25, 0.3) is 0 Å². The van der Waals surface area contributed by atoms with E-state index < -0.39 is 0 Å². The monoisotopic (exact) mass is 270 g/mol. The molecule has 0 heterocycles. The van der Waals surface area contributed by atoms with Gasteiger partial charge in [0.15, 0.2) is 0 Å². The quantitative estimate of drug-likeness (QED) is 0.769. The predicted octanol–water partition coefficient (Wildman–Crippen LogP) is 3.11. The lowest BCUT2D eigenvalue weighted by atomic mass is 10.0. The van der Waals surface area contributed by atoms with Crippen LogP contribution in [0.2, 0.25) is 0 Å². The average Bonchev–Trinajstić information content (AvgIpc) is 3.04. The van der Waals surface area contributed by atoms with E-state index >= 15 is 0 Å². The molecule has 1 aliphatic carbocycles. The zero-order valence-electron chi connectivity index (χ0n) is 8.25. The van der Waals surface area contributed by atoms with E-state index in [4.69, 9.17) is 0 Å². The number of rotatable bonds is 4. The first kappa shape index (κ1) is 10.8. The standard InChI is InChI=1S/C12H12BrFO/c13-10(12(15)8-5-6-8)7-9-3-1-2-4-11(9)14/h1-4,8,10H,5-7H2. The molecule has 0 saturated heterocycles. The van der Waals surface area contributed by atoms with E-state index in [-0.39, 0.29) is 22.3 Å². The molecule has 2 rings (SSSR count). The first-order valence-electron chi connectivity index (χ1n) is 5.09. The Morgan fingerprint density at radius 2 is 2.13 bits per heavy atom. The van der Waals surface area contributed by atoms with Crippen LogP contribution in [-0.2, 0) is 11.2 Å². The number of hydrogen-bond acceptors (Lipinski definition) is 1. The van der Waals surface area contributed by atoms with Crippen molar-refractivity contribution in [1.82, 2.24) is 0 Å². The minimum atomic E-state index is -0.234. The molecular weight excluding hydrogens is 259 g/mol. The summed E-state index contributed by atoms with van der Waals surface area (Å²) in [6, 6.07) is 6.60. The minimum Gasteiger partial charge on any atom is -0.298 e. The van der Waals surface area contributed by atoms with Crippen LogP contribution in [-0.4, -0.2) is 10.6 Å². The molecule has 1 nitrogen and oxygen atoms in total. The van der Waals surface area contributed by atoms with Crippen LogP contribution in [0.5, 0.6) is 0 Å². The highest BCUT2D eigenvalue weighted by atomic mass is 79.9. The minimum absolute atomic E-state index is 0.221. The number of carbonyl (C=O) groups excluding carboxylic acids is 1. The summed E-state index contributed by atoms with van der Waals surface area (Å²) in [7, 11) is 0. The summed E-state index contributed by atoms with van der Waals surface area (Å²) in [6.07, 6.45) is 2.44. The van der Waals surface area contributed by atoms with Crippen molar-refractivity contribution in [3.63, 3.8) is 0 Å². The second-order valence-corrected chi connectivity index (χ2v) is 5.05. The maximum Gasteiger partial charge on any atom is 0.149 e. The number of alkyl halides is 1. The number of Topliss-reactive ketones (excluding diaryl/α,β-unsaturated/α-hetero) is 1. The normalized spacial score (nSPS) is 17.5. The fourth-order valence-electron chi connectivity index (χ4n) is 1.58. The van der Waals surface area contributed by atoms with Gasteiger partial charge in [-0.3, -0.25) is 4.79 Å². The lowest BCUT2D eigenvalue weighted by molar-refractivity contribution is -0.119. The zero-order valence-corrected chi connectivity index (χ0v) is 9.84. The summed E-state index contributed by atoms with van der Waals surface area (Å²) in [5, 5.41) is 0. The third-order valence-electron chi connectivity index (χ3n) is 2.65. The Morgan fingerprint density at radius 1 is 1.47 bits per heavy atom. The van der Waals surface area contributed by atoms with Crippen molar-refractivity contribution in [2.75, 3.05) is 0 Å². The molecule has 3 heteroatoms. The number of carbonyl (C=O) groups is 1. The Kier molecular flexibility index (Phi) is 3.19. The van der Waals surface area contributed by atoms with E-state index in [9.17, 15) is 9.18 Å². The average molecular weight is 271 g/mol. The molecule has 80 valence electrons. The molecule has 0 bridgehead atoms. The van der Waals surface area contributed by atoms with Gasteiger partial charge in [0.2, 0.25) is 0 Å². The van der Waals surface area contributed by atoms with Gasteiger partial charge >= 0.3 is 0 Å². The van der Waals surface area contributed by atoms with E-state index in [0.717, 1.165) is 12.8 Å². The molecule has 15 heavy (non-hydrogen) atoms. The fraction of sp³-hybridized carbons (Fsp3) is 0.417. The van der Waals surface area contributed by atoms with Gasteiger partial charge in [0.05, 0.1) is 4.83 Å². The third-order valence-corrected chi connectivity index (χ3v) is 3.42. The molecule has 1 fully saturated rings. The molecule has 1 atom stereocenters. The molecular formula is C12H12BrFO. The molecule has 0 aromatic heterocycles. The zero-order chi connectivity index (χ0) is 10.8. The van der Waals surface area contributed by atoms with Crippen molar-refractivity contribution in [2.45, 2.75) is 24.1 Å². The summed E-state index contributed by atoms with van der Waals surface area (Å²) in [6.45, 7) is 0. The van der Waals surface area contributed by atoms with Crippen molar-refractivity contribution in [3.8, 4) is 0 Å². The summed E-state index contributed by atoms with van der Waals surface area (Å²) in [4.78, 5) is 11.4. The first-order chi connectivity index (χ1) is 7.18. The van der Waals surface area contributed by atoms with Gasteiger partial charge in [0.1, 0.15) is 11.6 Å². The third kappa shape index (κ3) is 2.65. The first-order valence-corrected chi connectivity index (χ1v) is 6.01. The molecule has 1 aromatic rings. The Balaban J connectivity index is 2.01. The Labute approximate surface area is 96.8 Å². The van der Waals surface area contributed by atoms with Crippen LogP contribution in [0.1, 0.15) is 18.4 Å². The molecule has 0 amide bonds. The number of halogens is 2. The van der Waals surface area contributed by atoms with E-state index in [2.05, 4.69) is 15.9 Å². The topological polar surface area (TPSA) is 17.1 Å². The van der Waals surface area contributed by atoms with Crippen LogP contribution in [0, 0.1) is 11.7 Å². The number of hydrogen-bond donors (Lipinski definition) is 0. The Morgan fingerprint density at radius 3 is 2.73 bits per heavy atom. The highest BCUT2D eigenvalue weighted by Crippen LogP contribution is 2.33. The highest BCUT2D eigenvalue weighted by Gasteiger charge is 2.33. The van der Waals surface area contributed by atoms with Crippen molar-refractivity contribution >= 4 is 21.7 Å². The number of benzene rings is 1. The van der Waals surface area contributed by atoms with Gasteiger partial charge < -0.3 is 0 Å².